The van der Waals surface area contributed by atoms with Crippen LogP contribution in [0.1, 0.15) is 24.2 Å². The summed E-state index contributed by atoms with van der Waals surface area (Å²) in [6.45, 7) is 9.34. The Labute approximate surface area is 174 Å². The lowest BCUT2D eigenvalue weighted by atomic mass is 10.3. The molecule has 3 aromatic heterocycles. The second-order valence-electron chi connectivity index (χ2n) is 6.48. The second-order valence-corrected chi connectivity index (χ2v) is 6.48. The summed E-state index contributed by atoms with van der Waals surface area (Å²) in [6, 6.07) is 5.17. The predicted molar refractivity (Wildman–Crippen MR) is 117 cm³/mol. The smallest absolute Gasteiger partial charge is 0.274 e. The maximum Gasteiger partial charge on any atom is 0.274 e. The lowest BCUT2D eigenvalue weighted by Gasteiger charge is -2.18. The lowest BCUT2D eigenvalue weighted by Crippen LogP contribution is -2.41. The first-order valence-electron chi connectivity index (χ1n) is 9.72. The molecule has 30 heavy (non-hydrogen) atoms. The number of carbonyl (C=O) groups is 1. The molecule has 3 heterocycles. The van der Waals surface area contributed by atoms with Crippen molar-refractivity contribution in [2.24, 2.45) is 0 Å². The predicted octanol–water partition coefficient (Wildman–Crippen LogP) is 1.85. The average molecular weight is 410 g/mol. The SMILES string of the molecule is C=CCn1cccc(Nc2cc(NC)n3ncc(C(=O)NN(CC)CC)c3n2)c1=O. The number of hydrazine groups is 1. The molecule has 0 unspecified atom stereocenters. The fourth-order valence-electron chi connectivity index (χ4n) is 3.00. The van der Waals surface area contributed by atoms with Gasteiger partial charge in [-0.15, -0.1) is 6.58 Å². The minimum absolute atomic E-state index is 0.196. The number of amides is 1. The van der Waals surface area contributed by atoms with Crippen molar-refractivity contribution < 1.29 is 4.79 Å². The topological polar surface area (TPSA) is 109 Å². The molecule has 3 N–H and O–H groups in total. The molecule has 0 radical (unpaired) electrons. The van der Waals surface area contributed by atoms with Gasteiger partial charge in [0.05, 0.1) is 6.20 Å². The zero-order chi connectivity index (χ0) is 21.7. The van der Waals surface area contributed by atoms with E-state index in [1.54, 1.807) is 47.0 Å². The molecule has 0 spiro atoms. The molecule has 10 heteroatoms. The molecule has 3 aromatic rings. The molecule has 0 saturated heterocycles. The minimum atomic E-state index is -0.298. The summed E-state index contributed by atoms with van der Waals surface area (Å²) in [4.78, 5) is 29.9. The molecular weight excluding hydrogens is 384 g/mol. The van der Waals surface area contributed by atoms with E-state index in [1.807, 2.05) is 13.8 Å². The van der Waals surface area contributed by atoms with Crippen LogP contribution in [0.5, 0.6) is 0 Å². The van der Waals surface area contributed by atoms with Crippen LogP contribution in [0.4, 0.5) is 17.3 Å². The van der Waals surface area contributed by atoms with Crippen LogP contribution < -0.4 is 21.6 Å². The first-order valence-corrected chi connectivity index (χ1v) is 9.72. The van der Waals surface area contributed by atoms with Gasteiger partial charge in [-0.3, -0.25) is 15.0 Å². The van der Waals surface area contributed by atoms with Gasteiger partial charge in [0.1, 0.15) is 22.9 Å². The average Bonchev–Trinajstić information content (AvgIpc) is 3.18. The fourth-order valence-corrected chi connectivity index (χ4v) is 3.00. The van der Waals surface area contributed by atoms with Gasteiger partial charge in [-0.1, -0.05) is 19.9 Å². The first-order chi connectivity index (χ1) is 14.5. The van der Waals surface area contributed by atoms with Crippen molar-refractivity contribution in [3.63, 3.8) is 0 Å². The molecular formula is C20H26N8O2. The highest BCUT2D eigenvalue weighted by Crippen LogP contribution is 2.20. The van der Waals surface area contributed by atoms with E-state index in [2.05, 4.69) is 32.7 Å². The summed E-state index contributed by atoms with van der Waals surface area (Å²) in [6.07, 6.45) is 4.82. The van der Waals surface area contributed by atoms with E-state index in [4.69, 9.17) is 0 Å². The highest BCUT2D eigenvalue weighted by molar-refractivity contribution is 5.99. The third-order valence-corrected chi connectivity index (χ3v) is 4.60. The van der Waals surface area contributed by atoms with Crippen LogP contribution in [0.25, 0.3) is 5.65 Å². The lowest BCUT2D eigenvalue weighted by molar-refractivity contribution is 0.0807. The van der Waals surface area contributed by atoms with Gasteiger partial charge in [0, 0.05) is 38.9 Å². The molecule has 158 valence electrons. The zero-order valence-corrected chi connectivity index (χ0v) is 17.3. The van der Waals surface area contributed by atoms with E-state index in [1.165, 1.54) is 10.8 Å². The highest BCUT2D eigenvalue weighted by atomic mass is 16.2. The Kier molecular flexibility index (Phi) is 6.48. The standard InChI is InChI=1S/C20H26N8O2/c1-5-10-26-11-8-9-15(20(26)30)23-16-12-17(21-4)28-18(24-16)14(13-22-28)19(29)25-27(6-2)7-3/h5,8-9,11-13,21H,1,6-7,10H2,2-4H3,(H,23,24)(H,25,29). The molecule has 0 aliphatic carbocycles. The Balaban J connectivity index is 2.01. The molecule has 3 rings (SSSR count). The van der Waals surface area contributed by atoms with E-state index in [0.29, 0.717) is 48.2 Å². The molecule has 10 nitrogen and oxygen atoms in total. The normalized spacial score (nSPS) is 10.9. The largest absolute Gasteiger partial charge is 0.373 e. The summed E-state index contributed by atoms with van der Waals surface area (Å²) in [7, 11) is 1.75. The number of hydrogen-bond acceptors (Lipinski definition) is 7. The van der Waals surface area contributed by atoms with Gasteiger partial charge in [0.2, 0.25) is 0 Å². The van der Waals surface area contributed by atoms with Crippen LogP contribution in [-0.2, 0) is 6.54 Å². The van der Waals surface area contributed by atoms with Crippen molar-refractivity contribution in [1.82, 2.24) is 29.6 Å². The van der Waals surface area contributed by atoms with Crippen LogP contribution in [0.3, 0.4) is 0 Å². The van der Waals surface area contributed by atoms with Crippen LogP contribution in [0, 0.1) is 0 Å². The van der Waals surface area contributed by atoms with Crippen molar-refractivity contribution >= 4 is 28.9 Å². The molecule has 1 amide bonds. The Morgan fingerprint density at radius 1 is 1.33 bits per heavy atom. The van der Waals surface area contributed by atoms with Gasteiger partial charge < -0.3 is 15.2 Å². The van der Waals surface area contributed by atoms with E-state index in [-0.39, 0.29) is 11.5 Å². The van der Waals surface area contributed by atoms with Gasteiger partial charge in [0.15, 0.2) is 5.65 Å². The van der Waals surface area contributed by atoms with Crippen LogP contribution in [0.2, 0.25) is 0 Å². The number of anilines is 3. The van der Waals surface area contributed by atoms with Gasteiger partial charge in [-0.05, 0) is 12.1 Å². The summed E-state index contributed by atoms with van der Waals surface area (Å²) in [5, 5.41) is 12.2. The van der Waals surface area contributed by atoms with E-state index >= 15 is 0 Å². The molecule has 0 atom stereocenters. The van der Waals surface area contributed by atoms with Crippen LogP contribution >= 0.6 is 0 Å². The number of pyridine rings is 1. The molecule has 0 saturated carbocycles. The summed E-state index contributed by atoms with van der Waals surface area (Å²) >= 11 is 0. The number of nitrogens with zero attached hydrogens (tertiary/aromatic N) is 5. The number of hydrogen-bond donors (Lipinski definition) is 3. The molecule has 0 fully saturated rings. The maximum absolute atomic E-state index is 12.7. The number of fused-ring (bicyclic) bond motifs is 1. The number of rotatable bonds is 9. The van der Waals surface area contributed by atoms with Crippen molar-refractivity contribution in [3.05, 3.63) is 59.2 Å². The monoisotopic (exact) mass is 410 g/mol. The number of allylic oxidation sites excluding steroid dienone is 1. The maximum atomic E-state index is 12.7. The molecule has 0 aromatic carbocycles. The minimum Gasteiger partial charge on any atom is -0.373 e. The second kappa shape index (κ2) is 9.23. The Morgan fingerprint density at radius 2 is 2.10 bits per heavy atom. The molecule has 0 aliphatic heterocycles. The summed E-state index contributed by atoms with van der Waals surface area (Å²) in [5.41, 5.74) is 3.72. The third-order valence-electron chi connectivity index (χ3n) is 4.60. The Hall–Kier alpha value is -3.66. The fraction of sp³-hybridized carbons (Fsp3) is 0.300. The number of carbonyl (C=O) groups excluding carboxylic acids is 1. The quantitative estimate of drug-likeness (QED) is 0.365. The van der Waals surface area contributed by atoms with E-state index < -0.39 is 0 Å². The van der Waals surface area contributed by atoms with E-state index in [0.717, 1.165) is 0 Å². The van der Waals surface area contributed by atoms with Gasteiger partial charge in [-0.25, -0.2) is 9.99 Å². The van der Waals surface area contributed by atoms with Crippen LogP contribution in [-0.4, -0.2) is 50.2 Å². The third kappa shape index (κ3) is 4.18. The number of aromatic nitrogens is 4. The highest BCUT2D eigenvalue weighted by Gasteiger charge is 2.18. The van der Waals surface area contributed by atoms with Crippen molar-refractivity contribution in [2.45, 2.75) is 20.4 Å². The van der Waals surface area contributed by atoms with Gasteiger partial charge >= 0.3 is 0 Å². The molecule has 0 bridgehead atoms. The Bertz CT molecular complexity index is 1110. The van der Waals surface area contributed by atoms with Crippen molar-refractivity contribution in [3.8, 4) is 0 Å². The van der Waals surface area contributed by atoms with E-state index in [9.17, 15) is 9.59 Å². The number of nitrogens with one attached hydrogen (secondary N) is 3. The van der Waals surface area contributed by atoms with Crippen LogP contribution in [0.15, 0.2) is 48.0 Å². The zero-order valence-electron chi connectivity index (χ0n) is 17.3. The first kappa shape index (κ1) is 21.1. The summed E-state index contributed by atoms with van der Waals surface area (Å²) in [5.74, 6) is 0.734. The molecule has 0 aliphatic rings. The van der Waals surface area contributed by atoms with Gasteiger partial charge in [0.25, 0.3) is 11.5 Å². The van der Waals surface area contributed by atoms with Crippen molar-refractivity contribution in [1.29, 1.82) is 0 Å². The Morgan fingerprint density at radius 3 is 2.77 bits per heavy atom. The van der Waals surface area contributed by atoms with Crippen molar-refractivity contribution in [2.75, 3.05) is 30.8 Å². The van der Waals surface area contributed by atoms with Gasteiger partial charge in [-0.2, -0.15) is 9.61 Å². The summed E-state index contributed by atoms with van der Waals surface area (Å²) < 4.78 is 3.08.